The highest BCUT2D eigenvalue weighted by Crippen LogP contribution is 2.37. The van der Waals surface area contributed by atoms with E-state index in [1.165, 1.54) is 6.42 Å². The van der Waals surface area contributed by atoms with Crippen molar-refractivity contribution in [2.45, 2.75) is 38.3 Å². The number of nitrogens with zero attached hydrogens (tertiary/aromatic N) is 1. The molecule has 1 aliphatic heterocycles. The predicted molar refractivity (Wildman–Crippen MR) is 71.0 cm³/mol. The summed E-state index contributed by atoms with van der Waals surface area (Å²) < 4.78 is 5.51. The fourth-order valence-corrected chi connectivity index (χ4v) is 3.14. The van der Waals surface area contributed by atoms with E-state index < -0.39 is 0 Å². The normalized spacial score (nSPS) is 32.3. The number of carbonyl (C=O) groups excluding carboxylic acids is 1. The number of rotatable bonds is 5. The van der Waals surface area contributed by atoms with E-state index in [0.29, 0.717) is 18.4 Å². The summed E-state index contributed by atoms with van der Waals surface area (Å²) in [7, 11) is 0. The number of hydrogen-bond donors (Lipinski definition) is 1. The second-order valence-electron chi connectivity index (χ2n) is 5.50. The van der Waals surface area contributed by atoms with Crippen molar-refractivity contribution in [3.05, 3.63) is 12.7 Å². The van der Waals surface area contributed by atoms with E-state index in [4.69, 9.17) is 10.5 Å². The van der Waals surface area contributed by atoms with Crippen molar-refractivity contribution in [3.63, 3.8) is 0 Å². The van der Waals surface area contributed by atoms with Gasteiger partial charge in [-0.25, -0.2) is 0 Å². The van der Waals surface area contributed by atoms with Gasteiger partial charge in [-0.2, -0.15) is 0 Å². The summed E-state index contributed by atoms with van der Waals surface area (Å²) in [5.41, 5.74) is 6.08. The number of carbonyl (C=O) groups is 1. The van der Waals surface area contributed by atoms with Gasteiger partial charge in [-0.3, -0.25) is 4.79 Å². The molecule has 2 fully saturated rings. The second kappa shape index (κ2) is 5.85. The standard InChI is InChI=1S/C14H24N2O2/c1-3-4-7-18-10(2)14(17)16-8-11-5-6-13(15)12(11)9-16/h3,10-13H,1,4-9,15H2,2H3. The minimum atomic E-state index is -0.347. The molecule has 0 aromatic rings. The largest absolute Gasteiger partial charge is 0.368 e. The van der Waals surface area contributed by atoms with E-state index in [9.17, 15) is 4.79 Å². The number of fused-ring (bicyclic) bond motifs is 1. The van der Waals surface area contributed by atoms with Crippen LogP contribution in [0.5, 0.6) is 0 Å². The predicted octanol–water partition coefficient (Wildman–Crippen LogP) is 1.16. The fourth-order valence-electron chi connectivity index (χ4n) is 3.14. The van der Waals surface area contributed by atoms with E-state index in [2.05, 4.69) is 6.58 Å². The number of likely N-dealkylation sites (tertiary alicyclic amines) is 1. The lowest BCUT2D eigenvalue weighted by Crippen LogP contribution is -2.39. The van der Waals surface area contributed by atoms with E-state index in [1.54, 1.807) is 6.08 Å². The maximum absolute atomic E-state index is 12.2. The average molecular weight is 252 g/mol. The molecular formula is C14H24N2O2. The Morgan fingerprint density at radius 3 is 3.00 bits per heavy atom. The van der Waals surface area contributed by atoms with Gasteiger partial charge >= 0.3 is 0 Å². The van der Waals surface area contributed by atoms with Crippen LogP contribution >= 0.6 is 0 Å². The Morgan fingerprint density at radius 2 is 2.33 bits per heavy atom. The molecule has 1 heterocycles. The van der Waals surface area contributed by atoms with E-state index in [0.717, 1.165) is 25.9 Å². The molecule has 1 saturated carbocycles. The molecule has 4 nitrogen and oxygen atoms in total. The Balaban J connectivity index is 1.81. The lowest BCUT2D eigenvalue weighted by molar-refractivity contribution is -0.141. The maximum Gasteiger partial charge on any atom is 0.251 e. The summed E-state index contributed by atoms with van der Waals surface area (Å²) in [6.45, 7) is 7.72. The number of nitrogens with two attached hydrogens (primary N) is 1. The first-order valence-corrected chi connectivity index (χ1v) is 6.90. The molecule has 1 saturated heterocycles. The van der Waals surface area contributed by atoms with Gasteiger partial charge in [0.2, 0.25) is 0 Å². The van der Waals surface area contributed by atoms with Gasteiger partial charge in [-0.05, 0) is 38.0 Å². The second-order valence-corrected chi connectivity index (χ2v) is 5.50. The Morgan fingerprint density at radius 1 is 1.56 bits per heavy atom. The Hall–Kier alpha value is -0.870. The van der Waals surface area contributed by atoms with Crippen LogP contribution in [0.1, 0.15) is 26.2 Å². The van der Waals surface area contributed by atoms with Crippen LogP contribution in [0.2, 0.25) is 0 Å². The van der Waals surface area contributed by atoms with Gasteiger partial charge in [-0.1, -0.05) is 6.08 Å². The van der Waals surface area contributed by atoms with Crippen LogP contribution in [0, 0.1) is 11.8 Å². The molecule has 1 amide bonds. The van der Waals surface area contributed by atoms with Crippen LogP contribution in [0.15, 0.2) is 12.7 Å². The molecule has 4 atom stereocenters. The molecule has 102 valence electrons. The highest BCUT2D eigenvalue weighted by molar-refractivity contribution is 5.80. The zero-order valence-electron chi connectivity index (χ0n) is 11.2. The summed E-state index contributed by atoms with van der Waals surface area (Å²) in [6.07, 6.45) is 4.52. The third-order valence-electron chi connectivity index (χ3n) is 4.26. The summed E-state index contributed by atoms with van der Waals surface area (Å²) in [5.74, 6) is 1.24. The lowest BCUT2D eigenvalue weighted by atomic mass is 9.98. The third-order valence-corrected chi connectivity index (χ3v) is 4.26. The average Bonchev–Trinajstić information content (AvgIpc) is 2.91. The van der Waals surface area contributed by atoms with Crippen molar-refractivity contribution < 1.29 is 9.53 Å². The summed E-state index contributed by atoms with van der Waals surface area (Å²) in [4.78, 5) is 14.1. The van der Waals surface area contributed by atoms with Crippen molar-refractivity contribution in [3.8, 4) is 0 Å². The molecule has 2 N–H and O–H groups in total. The molecule has 4 unspecified atom stereocenters. The molecule has 0 radical (unpaired) electrons. The van der Waals surface area contributed by atoms with Gasteiger partial charge in [0.1, 0.15) is 6.10 Å². The Kier molecular flexibility index (Phi) is 4.40. The summed E-state index contributed by atoms with van der Waals surface area (Å²) in [6, 6.07) is 0.282. The molecule has 0 aromatic carbocycles. The van der Waals surface area contributed by atoms with Gasteiger partial charge in [0, 0.05) is 19.1 Å². The monoisotopic (exact) mass is 252 g/mol. The highest BCUT2D eigenvalue weighted by Gasteiger charge is 2.43. The van der Waals surface area contributed by atoms with Crippen LogP contribution < -0.4 is 5.73 Å². The summed E-state index contributed by atoms with van der Waals surface area (Å²) >= 11 is 0. The smallest absolute Gasteiger partial charge is 0.251 e. The quantitative estimate of drug-likeness (QED) is 0.590. The molecule has 2 rings (SSSR count). The van der Waals surface area contributed by atoms with Crippen molar-refractivity contribution >= 4 is 5.91 Å². The zero-order chi connectivity index (χ0) is 13.1. The third kappa shape index (κ3) is 2.75. The molecule has 1 aliphatic carbocycles. The minimum Gasteiger partial charge on any atom is -0.368 e. The van der Waals surface area contributed by atoms with Gasteiger partial charge in [0.05, 0.1) is 6.61 Å². The van der Waals surface area contributed by atoms with Crippen molar-refractivity contribution in [1.82, 2.24) is 4.90 Å². The number of amides is 1. The topological polar surface area (TPSA) is 55.6 Å². The van der Waals surface area contributed by atoms with Crippen LogP contribution in [-0.2, 0) is 9.53 Å². The first-order chi connectivity index (χ1) is 8.63. The van der Waals surface area contributed by atoms with Crippen LogP contribution in [-0.4, -0.2) is 42.6 Å². The molecule has 0 bridgehead atoms. The molecular weight excluding hydrogens is 228 g/mol. The Bertz CT molecular complexity index is 319. The van der Waals surface area contributed by atoms with Gasteiger partial charge in [-0.15, -0.1) is 6.58 Å². The first kappa shape index (κ1) is 13.6. The molecule has 2 aliphatic rings. The van der Waals surface area contributed by atoms with E-state index in [1.807, 2.05) is 11.8 Å². The van der Waals surface area contributed by atoms with Crippen LogP contribution in [0.4, 0.5) is 0 Å². The maximum atomic E-state index is 12.2. The molecule has 0 spiro atoms. The first-order valence-electron chi connectivity index (χ1n) is 6.90. The van der Waals surface area contributed by atoms with E-state index >= 15 is 0 Å². The Labute approximate surface area is 109 Å². The van der Waals surface area contributed by atoms with Gasteiger partial charge in [0.25, 0.3) is 5.91 Å². The lowest BCUT2D eigenvalue weighted by Gasteiger charge is -2.22. The minimum absolute atomic E-state index is 0.112. The number of hydrogen-bond acceptors (Lipinski definition) is 3. The fraction of sp³-hybridized carbons (Fsp3) is 0.786. The highest BCUT2D eigenvalue weighted by atomic mass is 16.5. The molecule has 4 heteroatoms. The van der Waals surface area contributed by atoms with Crippen LogP contribution in [0.3, 0.4) is 0 Å². The van der Waals surface area contributed by atoms with Gasteiger partial charge in [0.15, 0.2) is 0 Å². The van der Waals surface area contributed by atoms with Crippen LogP contribution in [0.25, 0.3) is 0 Å². The van der Waals surface area contributed by atoms with Crippen molar-refractivity contribution in [2.75, 3.05) is 19.7 Å². The number of ether oxygens (including phenoxy) is 1. The van der Waals surface area contributed by atoms with Gasteiger partial charge < -0.3 is 15.4 Å². The van der Waals surface area contributed by atoms with E-state index in [-0.39, 0.29) is 18.1 Å². The molecule has 18 heavy (non-hydrogen) atoms. The summed E-state index contributed by atoms with van der Waals surface area (Å²) in [5, 5.41) is 0. The van der Waals surface area contributed by atoms with Crippen molar-refractivity contribution in [1.29, 1.82) is 0 Å². The SMILES string of the molecule is C=CCCOC(C)C(=O)N1CC2CCC(N)C2C1. The van der Waals surface area contributed by atoms with Crippen molar-refractivity contribution in [2.24, 2.45) is 17.6 Å². The zero-order valence-corrected chi connectivity index (χ0v) is 11.2. The molecule has 0 aromatic heterocycles.